The third-order valence-corrected chi connectivity index (χ3v) is 2.73. The van der Waals surface area contributed by atoms with Gasteiger partial charge >= 0.3 is 0 Å². The van der Waals surface area contributed by atoms with Crippen molar-refractivity contribution < 1.29 is 8.42 Å². The Balaban J connectivity index is 3.49. The fraction of sp³-hybridized carbons (Fsp3) is 1.00. The third kappa shape index (κ3) is 4.76. The molecule has 0 radical (unpaired) electrons. The lowest BCUT2D eigenvalue weighted by molar-refractivity contribution is 0.591. The van der Waals surface area contributed by atoms with Crippen LogP contribution < -0.4 is 5.73 Å². The monoisotopic (exact) mass is 165 g/mol. The van der Waals surface area contributed by atoms with Gasteiger partial charge in [-0.25, -0.2) is 8.42 Å². The molecule has 62 valence electrons. The average Bonchev–Trinajstić information content (AvgIpc) is 1.89. The molecule has 0 rings (SSSR count). The largest absolute Gasteiger partial charge is 0.318 e. The third-order valence-electron chi connectivity index (χ3n) is 1.31. The van der Waals surface area contributed by atoms with Crippen molar-refractivity contribution in [2.24, 2.45) is 5.73 Å². The van der Waals surface area contributed by atoms with E-state index in [0.717, 1.165) is 19.3 Å². The van der Waals surface area contributed by atoms with Crippen LogP contribution in [0.3, 0.4) is 0 Å². The fourth-order valence-corrected chi connectivity index (χ4v) is 1.47. The Bertz CT molecular complexity index is 163. The Morgan fingerprint density at radius 3 is 2.30 bits per heavy atom. The van der Waals surface area contributed by atoms with E-state index in [1.807, 2.05) is 6.92 Å². The summed E-state index contributed by atoms with van der Waals surface area (Å²) in [6, 6.07) is 0. The van der Waals surface area contributed by atoms with Crippen LogP contribution in [0.2, 0.25) is 0 Å². The van der Waals surface area contributed by atoms with Crippen LogP contribution in [0.4, 0.5) is 0 Å². The zero-order chi connectivity index (χ0) is 8.04. The van der Waals surface area contributed by atoms with E-state index in [4.69, 9.17) is 5.73 Å². The molecule has 0 aromatic carbocycles. The van der Waals surface area contributed by atoms with Crippen molar-refractivity contribution in [3.05, 3.63) is 0 Å². The summed E-state index contributed by atoms with van der Waals surface area (Å²) >= 11 is 0. The maximum Gasteiger partial charge on any atom is 0.163 e. The Kier molecular flexibility index (Phi) is 4.64. The second kappa shape index (κ2) is 4.68. The molecule has 2 N–H and O–H groups in total. The molecule has 0 spiro atoms. The minimum absolute atomic E-state index is 0.212. The van der Waals surface area contributed by atoms with Crippen LogP contribution in [0, 0.1) is 0 Å². The topological polar surface area (TPSA) is 60.2 Å². The molecule has 0 aromatic rings. The van der Waals surface area contributed by atoms with Gasteiger partial charge in [-0.1, -0.05) is 19.8 Å². The first-order chi connectivity index (χ1) is 4.62. The van der Waals surface area contributed by atoms with Crippen molar-refractivity contribution in [2.75, 3.05) is 11.6 Å². The van der Waals surface area contributed by atoms with E-state index >= 15 is 0 Å². The molecule has 0 aromatic heterocycles. The molecule has 0 saturated carbocycles. The lowest BCUT2D eigenvalue weighted by Gasteiger charge is -1.98. The fourth-order valence-electron chi connectivity index (χ4n) is 0.655. The molecule has 0 aliphatic rings. The summed E-state index contributed by atoms with van der Waals surface area (Å²) in [5, 5.41) is 0. The maximum atomic E-state index is 10.7. The van der Waals surface area contributed by atoms with Gasteiger partial charge in [0.2, 0.25) is 0 Å². The number of sulfone groups is 1. The van der Waals surface area contributed by atoms with Crippen molar-refractivity contribution >= 4 is 9.84 Å². The maximum absolute atomic E-state index is 10.7. The zero-order valence-electron chi connectivity index (χ0n) is 6.34. The van der Waals surface area contributed by atoms with Gasteiger partial charge < -0.3 is 5.73 Å². The van der Waals surface area contributed by atoms with Crippen LogP contribution in [-0.4, -0.2) is 20.0 Å². The predicted octanol–water partition coefficient (Wildman–Crippen LogP) is 0.508. The van der Waals surface area contributed by atoms with Crippen LogP contribution >= 0.6 is 0 Å². The summed E-state index contributed by atoms with van der Waals surface area (Å²) in [5.74, 6) is 0.0358. The first-order valence-corrected chi connectivity index (χ1v) is 5.35. The molecular weight excluding hydrogens is 150 g/mol. The molecular formula is C6H15NO2S. The molecule has 0 bridgehead atoms. The average molecular weight is 165 g/mol. The van der Waals surface area contributed by atoms with Crippen LogP contribution in [0.1, 0.15) is 26.2 Å². The summed E-state index contributed by atoms with van der Waals surface area (Å²) in [7, 11) is -2.91. The smallest absolute Gasteiger partial charge is 0.163 e. The van der Waals surface area contributed by atoms with E-state index in [1.165, 1.54) is 0 Å². The van der Waals surface area contributed by atoms with E-state index in [2.05, 4.69) is 0 Å². The van der Waals surface area contributed by atoms with Crippen molar-refractivity contribution in [2.45, 2.75) is 26.2 Å². The van der Waals surface area contributed by atoms with Gasteiger partial charge in [0.15, 0.2) is 9.84 Å². The second-order valence-corrected chi connectivity index (χ2v) is 4.55. The standard InChI is InChI=1S/C6H15NO2S/c1-2-3-4-5-10(8,9)6-7/h2-7H2,1H3. The Labute approximate surface area is 62.5 Å². The van der Waals surface area contributed by atoms with Gasteiger partial charge in [-0.15, -0.1) is 0 Å². The summed E-state index contributed by atoms with van der Waals surface area (Å²) in [6.45, 7) is 2.04. The number of hydrogen-bond acceptors (Lipinski definition) is 3. The quantitative estimate of drug-likeness (QED) is 0.604. The van der Waals surface area contributed by atoms with E-state index in [0.29, 0.717) is 0 Å². The highest BCUT2D eigenvalue weighted by Crippen LogP contribution is 1.97. The van der Waals surface area contributed by atoms with Gasteiger partial charge in [0.05, 0.1) is 11.6 Å². The highest BCUT2D eigenvalue weighted by Gasteiger charge is 2.05. The summed E-state index contributed by atoms with van der Waals surface area (Å²) in [5.41, 5.74) is 5.00. The number of rotatable bonds is 5. The molecule has 0 aliphatic carbocycles. The molecule has 0 unspecified atom stereocenters. The van der Waals surface area contributed by atoms with Gasteiger partial charge in [0.1, 0.15) is 0 Å². The van der Waals surface area contributed by atoms with Crippen molar-refractivity contribution in [1.82, 2.24) is 0 Å². The van der Waals surface area contributed by atoms with Crippen LogP contribution in [0.15, 0.2) is 0 Å². The number of nitrogens with two attached hydrogens (primary N) is 1. The Morgan fingerprint density at radius 1 is 1.30 bits per heavy atom. The molecule has 0 atom stereocenters. The van der Waals surface area contributed by atoms with Crippen molar-refractivity contribution in [3.63, 3.8) is 0 Å². The van der Waals surface area contributed by atoms with E-state index in [-0.39, 0.29) is 11.6 Å². The molecule has 3 nitrogen and oxygen atoms in total. The molecule has 0 aliphatic heterocycles. The highest BCUT2D eigenvalue weighted by molar-refractivity contribution is 7.91. The lowest BCUT2D eigenvalue weighted by atomic mass is 10.3. The van der Waals surface area contributed by atoms with Gasteiger partial charge in [0.25, 0.3) is 0 Å². The number of unbranched alkanes of at least 4 members (excludes halogenated alkanes) is 2. The summed E-state index contributed by atoms with van der Waals surface area (Å²) in [6.07, 6.45) is 2.76. The Hall–Kier alpha value is -0.0900. The minimum Gasteiger partial charge on any atom is -0.318 e. The Morgan fingerprint density at radius 2 is 1.90 bits per heavy atom. The van der Waals surface area contributed by atoms with Crippen LogP contribution in [0.25, 0.3) is 0 Å². The molecule has 10 heavy (non-hydrogen) atoms. The van der Waals surface area contributed by atoms with E-state index in [1.54, 1.807) is 0 Å². The molecule has 0 saturated heterocycles. The van der Waals surface area contributed by atoms with Gasteiger partial charge in [-0.05, 0) is 6.42 Å². The molecule has 4 heteroatoms. The van der Waals surface area contributed by atoms with Crippen molar-refractivity contribution in [1.29, 1.82) is 0 Å². The SMILES string of the molecule is CCCCCS(=O)(=O)CN. The number of hydrogen-bond donors (Lipinski definition) is 1. The van der Waals surface area contributed by atoms with Crippen LogP contribution in [0.5, 0.6) is 0 Å². The normalized spacial score (nSPS) is 11.8. The van der Waals surface area contributed by atoms with Gasteiger partial charge in [0, 0.05) is 0 Å². The van der Waals surface area contributed by atoms with Gasteiger partial charge in [-0.3, -0.25) is 0 Å². The summed E-state index contributed by atoms with van der Waals surface area (Å²) in [4.78, 5) is 0. The first kappa shape index (κ1) is 9.91. The van der Waals surface area contributed by atoms with E-state index < -0.39 is 9.84 Å². The zero-order valence-corrected chi connectivity index (χ0v) is 7.15. The lowest BCUT2D eigenvalue weighted by Crippen LogP contribution is -2.17. The second-order valence-electron chi connectivity index (χ2n) is 2.32. The van der Waals surface area contributed by atoms with Crippen LogP contribution in [-0.2, 0) is 9.84 Å². The first-order valence-electron chi connectivity index (χ1n) is 3.53. The van der Waals surface area contributed by atoms with Crippen molar-refractivity contribution in [3.8, 4) is 0 Å². The predicted molar refractivity (Wildman–Crippen MR) is 42.4 cm³/mol. The minimum atomic E-state index is -2.91. The van der Waals surface area contributed by atoms with Gasteiger partial charge in [-0.2, -0.15) is 0 Å². The molecule has 0 heterocycles. The molecule has 0 fully saturated rings. The molecule has 0 amide bonds. The highest BCUT2D eigenvalue weighted by atomic mass is 32.2. The summed E-state index contributed by atoms with van der Waals surface area (Å²) < 4.78 is 21.5. The van der Waals surface area contributed by atoms with E-state index in [9.17, 15) is 8.42 Å².